The average Bonchev–Trinajstić information content (AvgIpc) is 3.17. The van der Waals surface area contributed by atoms with Crippen molar-refractivity contribution in [3.8, 4) is 10.6 Å². The Morgan fingerprint density at radius 3 is 2.83 bits per heavy atom. The standard InChI is InChI=1S/C17H20BrN3S2/c1-2-10-19-17-21(20-11-13-6-4-3-5-7-13)14(12-22-17)15-8-9-16(18)23-15/h2,8-9,11-13H,1,3-7,10H2/b19-17?,20-11-. The maximum Gasteiger partial charge on any atom is 0.206 e. The summed E-state index contributed by atoms with van der Waals surface area (Å²) in [5.74, 6) is 0.603. The normalized spacial score (nSPS) is 17.2. The molecule has 0 bridgehead atoms. The van der Waals surface area contributed by atoms with Gasteiger partial charge in [0.1, 0.15) is 0 Å². The van der Waals surface area contributed by atoms with Gasteiger partial charge in [-0.1, -0.05) is 25.3 Å². The number of hydrogen-bond donors (Lipinski definition) is 0. The molecule has 2 aromatic heterocycles. The predicted molar refractivity (Wildman–Crippen MR) is 104 cm³/mol. The molecule has 0 radical (unpaired) electrons. The van der Waals surface area contributed by atoms with Crippen LogP contribution in [0.5, 0.6) is 0 Å². The fourth-order valence-corrected chi connectivity index (χ4v) is 5.03. The minimum atomic E-state index is 0.603. The third-order valence-electron chi connectivity index (χ3n) is 3.91. The van der Waals surface area contributed by atoms with E-state index in [0.717, 1.165) is 14.3 Å². The maximum atomic E-state index is 4.79. The van der Waals surface area contributed by atoms with Crippen molar-refractivity contribution < 1.29 is 0 Å². The third-order valence-corrected chi connectivity index (χ3v) is 6.41. The summed E-state index contributed by atoms with van der Waals surface area (Å²) in [5.41, 5.74) is 1.11. The van der Waals surface area contributed by atoms with Crippen LogP contribution in [0.4, 0.5) is 0 Å². The first-order valence-corrected chi connectivity index (χ1v) is 10.4. The molecular weight excluding hydrogens is 390 g/mol. The lowest BCUT2D eigenvalue weighted by Gasteiger charge is -2.16. The van der Waals surface area contributed by atoms with Gasteiger partial charge in [-0.25, -0.2) is 4.68 Å². The predicted octanol–water partition coefficient (Wildman–Crippen LogP) is 5.54. The molecule has 2 aromatic rings. The lowest BCUT2D eigenvalue weighted by Crippen LogP contribution is -2.14. The Bertz CT molecular complexity index is 748. The molecule has 1 aliphatic rings. The molecule has 23 heavy (non-hydrogen) atoms. The van der Waals surface area contributed by atoms with Crippen LogP contribution in [0, 0.1) is 5.92 Å². The molecule has 2 heterocycles. The SMILES string of the molecule is C=CCN=c1scc(-c2ccc(Br)s2)n1/N=C\C1CCCCC1. The minimum absolute atomic E-state index is 0.603. The third kappa shape index (κ3) is 4.31. The second-order valence-electron chi connectivity index (χ2n) is 5.61. The van der Waals surface area contributed by atoms with Gasteiger partial charge in [-0.05, 0) is 46.8 Å². The summed E-state index contributed by atoms with van der Waals surface area (Å²) >= 11 is 6.90. The van der Waals surface area contributed by atoms with E-state index in [2.05, 4.69) is 51.2 Å². The molecule has 1 saturated carbocycles. The van der Waals surface area contributed by atoms with Crippen LogP contribution >= 0.6 is 38.6 Å². The fraction of sp³-hybridized carbons (Fsp3) is 0.412. The highest BCUT2D eigenvalue weighted by molar-refractivity contribution is 9.11. The van der Waals surface area contributed by atoms with Crippen LogP contribution < -0.4 is 4.80 Å². The first kappa shape index (κ1) is 16.9. The number of thiazole rings is 1. The van der Waals surface area contributed by atoms with E-state index < -0.39 is 0 Å². The Balaban J connectivity index is 1.95. The molecule has 3 nitrogen and oxygen atoms in total. The monoisotopic (exact) mass is 409 g/mol. The molecule has 0 N–H and O–H groups in total. The zero-order chi connectivity index (χ0) is 16.1. The number of hydrogen-bond acceptors (Lipinski definition) is 4. The van der Waals surface area contributed by atoms with Crippen molar-refractivity contribution >= 4 is 44.8 Å². The van der Waals surface area contributed by atoms with Gasteiger partial charge in [0.2, 0.25) is 4.80 Å². The number of halogens is 1. The topological polar surface area (TPSA) is 29.6 Å². The lowest BCUT2D eigenvalue weighted by atomic mass is 9.90. The molecular formula is C17H20BrN3S2. The van der Waals surface area contributed by atoms with Gasteiger partial charge in [-0.15, -0.1) is 29.3 Å². The summed E-state index contributed by atoms with van der Waals surface area (Å²) in [6.07, 6.45) is 10.5. The molecule has 0 atom stereocenters. The number of thiophene rings is 1. The lowest BCUT2D eigenvalue weighted by molar-refractivity contribution is 0.443. The van der Waals surface area contributed by atoms with Crippen LogP contribution in [0.3, 0.4) is 0 Å². The van der Waals surface area contributed by atoms with Crippen molar-refractivity contribution in [2.75, 3.05) is 6.54 Å². The summed E-state index contributed by atoms with van der Waals surface area (Å²) in [6, 6.07) is 4.20. The molecule has 6 heteroatoms. The highest BCUT2D eigenvalue weighted by atomic mass is 79.9. The number of aromatic nitrogens is 1. The van der Waals surface area contributed by atoms with Gasteiger partial charge < -0.3 is 0 Å². The molecule has 1 fully saturated rings. The highest BCUT2D eigenvalue weighted by Crippen LogP contribution is 2.31. The quantitative estimate of drug-likeness (QED) is 0.458. The Morgan fingerprint density at radius 2 is 2.13 bits per heavy atom. The van der Waals surface area contributed by atoms with Gasteiger partial charge in [0.25, 0.3) is 0 Å². The molecule has 0 saturated heterocycles. The van der Waals surface area contributed by atoms with Crippen LogP contribution in [0.15, 0.2) is 44.0 Å². The zero-order valence-electron chi connectivity index (χ0n) is 12.9. The molecule has 3 rings (SSSR count). The van der Waals surface area contributed by atoms with Crippen molar-refractivity contribution in [3.05, 3.63) is 38.8 Å². The van der Waals surface area contributed by atoms with Crippen molar-refractivity contribution in [1.29, 1.82) is 0 Å². The van der Waals surface area contributed by atoms with E-state index in [-0.39, 0.29) is 0 Å². The maximum absolute atomic E-state index is 4.79. The summed E-state index contributed by atoms with van der Waals surface area (Å²) in [7, 11) is 0. The van der Waals surface area contributed by atoms with E-state index in [9.17, 15) is 0 Å². The summed E-state index contributed by atoms with van der Waals surface area (Å²) in [6.45, 7) is 4.37. The van der Waals surface area contributed by atoms with Crippen LogP contribution in [-0.4, -0.2) is 17.4 Å². The van der Waals surface area contributed by atoms with Gasteiger partial charge in [-0.3, -0.25) is 4.99 Å². The largest absolute Gasteiger partial charge is 0.253 e. The number of rotatable bonds is 5. The molecule has 0 aliphatic heterocycles. The van der Waals surface area contributed by atoms with E-state index in [1.807, 2.05) is 10.8 Å². The van der Waals surface area contributed by atoms with E-state index in [1.54, 1.807) is 22.7 Å². The molecule has 0 amide bonds. The Labute approximate surface area is 153 Å². The van der Waals surface area contributed by atoms with Crippen LogP contribution in [0.2, 0.25) is 0 Å². The molecule has 1 aliphatic carbocycles. The van der Waals surface area contributed by atoms with Crippen molar-refractivity contribution in [2.45, 2.75) is 32.1 Å². The van der Waals surface area contributed by atoms with E-state index >= 15 is 0 Å². The summed E-state index contributed by atoms with van der Waals surface area (Å²) in [5, 5.41) is 6.93. The van der Waals surface area contributed by atoms with Crippen molar-refractivity contribution in [3.63, 3.8) is 0 Å². The van der Waals surface area contributed by atoms with Gasteiger partial charge in [0.15, 0.2) is 0 Å². The average molecular weight is 410 g/mol. The Kier molecular flexibility index (Phi) is 6.02. The fourth-order valence-electron chi connectivity index (χ4n) is 2.73. The van der Waals surface area contributed by atoms with E-state index in [4.69, 9.17) is 5.10 Å². The van der Waals surface area contributed by atoms with E-state index in [1.165, 1.54) is 37.0 Å². The van der Waals surface area contributed by atoms with Gasteiger partial charge in [0, 0.05) is 11.6 Å². The molecule has 0 spiro atoms. The van der Waals surface area contributed by atoms with Gasteiger partial charge in [0.05, 0.1) is 20.9 Å². The van der Waals surface area contributed by atoms with Gasteiger partial charge >= 0.3 is 0 Å². The van der Waals surface area contributed by atoms with Gasteiger partial charge in [-0.2, -0.15) is 5.10 Å². The highest BCUT2D eigenvalue weighted by Gasteiger charge is 2.13. The van der Waals surface area contributed by atoms with Crippen molar-refractivity contribution in [1.82, 2.24) is 4.68 Å². The molecule has 0 aromatic carbocycles. The second kappa shape index (κ2) is 8.22. The smallest absolute Gasteiger partial charge is 0.206 e. The van der Waals surface area contributed by atoms with Crippen LogP contribution in [0.1, 0.15) is 32.1 Å². The van der Waals surface area contributed by atoms with Crippen LogP contribution in [0.25, 0.3) is 10.6 Å². The molecule has 0 unspecified atom stereocenters. The first-order valence-electron chi connectivity index (χ1n) is 7.90. The summed E-state index contributed by atoms with van der Waals surface area (Å²) < 4.78 is 3.12. The Morgan fingerprint density at radius 1 is 1.30 bits per heavy atom. The zero-order valence-corrected chi connectivity index (χ0v) is 16.2. The summed E-state index contributed by atoms with van der Waals surface area (Å²) in [4.78, 5) is 6.71. The Hall–Kier alpha value is -0.980. The second-order valence-corrected chi connectivity index (χ2v) is 8.91. The first-order chi connectivity index (χ1) is 11.3. The molecule has 122 valence electrons. The van der Waals surface area contributed by atoms with E-state index in [0.29, 0.717) is 12.5 Å². The minimum Gasteiger partial charge on any atom is -0.253 e. The number of nitrogens with zero attached hydrogens (tertiary/aromatic N) is 3. The van der Waals surface area contributed by atoms with Crippen molar-refractivity contribution in [2.24, 2.45) is 16.0 Å². The van der Waals surface area contributed by atoms with Crippen LogP contribution in [-0.2, 0) is 0 Å².